The molecule has 24 heavy (non-hydrogen) atoms. The molecule has 1 aromatic rings. The lowest BCUT2D eigenvalue weighted by Gasteiger charge is -2.39. The number of likely N-dealkylation sites (tertiary alicyclic amines) is 1. The summed E-state index contributed by atoms with van der Waals surface area (Å²) in [5.74, 6) is 0.678. The van der Waals surface area contributed by atoms with Crippen LogP contribution in [0.2, 0.25) is 0 Å². The second-order valence-electron chi connectivity index (χ2n) is 7.66. The van der Waals surface area contributed by atoms with Crippen molar-refractivity contribution in [3.05, 3.63) is 22.4 Å². The Balaban J connectivity index is 1.26. The lowest BCUT2D eigenvalue weighted by Crippen LogP contribution is -2.47. The topological polar surface area (TPSA) is 30.9 Å². The molecule has 3 saturated heterocycles. The Morgan fingerprint density at radius 2 is 2.25 bits per heavy atom. The molecule has 0 N–H and O–H groups in total. The Bertz CT molecular complexity index is 503. The molecule has 0 bridgehead atoms. The Labute approximate surface area is 149 Å². The molecule has 0 aromatic carbocycles. The van der Waals surface area contributed by atoms with Gasteiger partial charge in [-0.05, 0) is 60.5 Å². The van der Waals surface area contributed by atoms with Gasteiger partial charge in [0.2, 0.25) is 0 Å². The summed E-state index contributed by atoms with van der Waals surface area (Å²) in [5.41, 5.74) is 1.47. The maximum absolute atomic E-state index is 6.29. The largest absolute Gasteiger partial charge is 0.381 e. The van der Waals surface area contributed by atoms with Crippen LogP contribution in [0.3, 0.4) is 0 Å². The molecule has 3 aliphatic heterocycles. The highest BCUT2D eigenvalue weighted by Gasteiger charge is 2.44. The van der Waals surface area contributed by atoms with Crippen molar-refractivity contribution in [2.45, 2.75) is 50.4 Å². The SMILES string of the molecule is c1cc(CN2CCC[C@]3(C[C@H](OCC4CCOCC4)CO3)C2)cs1. The number of thiophene rings is 1. The number of rotatable bonds is 5. The van der Waals surface area contributed by atoms with Crippen LogP contribution in [0.15, 0.2) is 16.8 Å². The third kappa shape index (κ3) is 4.20. The van der Waals surface area contributed by atoms with Gasteiger partial charge in [0.15, 0.2) is 0 Å². The molecule has 0 amide bonds. The fraction of sp³-hybridized carbons (Fsp3) is 0.789. The van der Waals surface area contributed by atoms with Gasteiger partial charge in [-0.3, -0.25) is 4.90 Å². The molecule has 1 spiro atoms. The van der Waals surface area contributed by atoms with Crippen molar-refractivity contribution in [2.24, 2.45) is 5.92 Å². The van der Waals surface area contributed by atoms with Crippen LogP contribution in [-0.2, 0) is 20.8 Å². The molecule has 0 unspecified atom stereocenters. The van der Waals surface area contributed by atoms with Crippen molar-refractivity contribution in [1.29, 1.82) is 0 Å². The summed E-state index contributed by atoms with van der Waals surface area (Å²) in [4.78, 5) is 2.56. The highest BCUT2D eigenvalue weighted by Crippen LogP contribution is 2.36. The van der Waals surface area contributed by atoms with Gasteiger partial charge in [0, 0.05) is 32.7 Å². The lowest BCUT2D eigenvalue weighted by atomic mass is 9.89. The van der Waals surface area contributed by atoms with E-state index in [1.54, 1.807) is 11.3 Å². The maximum atomic E-state index is 6.29. The number of hydrogen-bond donors (Lipinski definition) is 0. The minimum atomic E-state index is 0.0363. The van der Waals surface area contributed by atoms with Crippen LogP contribution in [0.25, 0.3) is 0 Å². The van der Waals surface area contributed by atoms with Crippen LogP contribution in [0.5, 0.6) is 0 Å². The maximum Gasteiger partial charge on any atom is 0.0836 e. The molecular weight excluding hydrogens is 322 g/mol. The molecule has 0 radical (unpaired) electrons. The number of piperidine rings is 1. The second-order valence-corrected chi connectivity index (χ2v) is 8.44. The first-order chi connectivity index (χ1) is 11.8. The Morgan fingerprint density at radius 3 is 3.08 bits per heavy atom. The zero-order valence-corrected chi connectivity index (χ0v) is 15.3. The quantitative estimate of drug-likeness (QED) is 0.814. The van der Waals surface area contributed by atoms with Gasteiger partial charge in [-0.15, -0.1) is 0 Å². The molecule has 3 aliphatic rings. The van der Waals surface area contributed by atoms with Crippen molar-refractivity contribution in [3.8, 4) is 0 Å². The average Bonchev–Trinajstić information content (AvgIpc) is 3.25. The van der Waals surface area contributed by atoms with Crippen molar-refractivity contribution in [3.63, 3.8) is 0 Å². The smallest absolute Gasteiger partial charge is 0.0836 e. The monoisotopic (exact) mass is 351 g/mol. The van der Waals surface area contributed by atoms with Gasteiger partial charge in [-0.2, -0.15) is 11.3 Å². The Kier molecular flexibility index (Phi) is 5.54. The van der Waals surface area contributed by atoms with Crippen molar-refractivity contribution < 1.29 is 14.2 Å². The first-order valence-corrected chi connectivity index (χ1v) is 10.3. The fourth-order valence-electron chi connectivity index (χ4n) is 4.35. The lowest BCUT2D eigenvalue weighted by molar-refractivity contribution is -0.0554. The summed E-state index contributed by atoms with van der Waals surface area (Å²) in [5, 5.41) is 4.43. The van der Waals surface area contributed by atoms with E-state index in [4.69, 9.17) is 14.2 Å². The third-order valence-electron chi connectivity index (χ3n) is 5.69. The van der Waals surface area contributed by atoms with Gasteiger partial charge >= 0.3 is 0 Å². The molecule has 0 saturated carbocycles. The number of ether oxygens (including phenoxy) is 3. The molecule has 2 atom stereocenters. The summed E-state index contributed by atoms with van der Waals surface area (Å²) in [6, 6.07) is 2.24. The van der Waals surface area contributed by atoms with Crippen LogP contribution >= 0.6 is 11.3 Å². The fourth-order valence-corrected chi connectivity index (χ4v) is 5.01. The molecule has 5 heteroatoms. The predicted molar refractivity (Wildman–Crippen MR) is 95.4 cm³/mol. The molecule has 134 valence electrons. The second kappa shape index (κ2) is 7.83. The first kappa shape index (κ1) is 17.0. The van der Waals surface area contributed by atoms with E-state index in [1.807, 2.05) is 0 Å². The van der Waals surface area contributed by atoms with Gasteiger partial charge in [-0.25, -0.2) is 0 Å². The first-order valence-electron chi connectivity index (χ1n) is 9.38. The van der Waals surface area contributed by atoms with Gasteiger partial charge < -0.3 is 14.2 Å². The summed E-state index contributed by atoms with van der Waals surface area (Å²) in [6.07, 6.45) is 6.06. The molecule has 4 heterocycles. The van der Waals surface area contributed by atoms with E-state index in [-0.39, 0.29) is 11.7 Å². The Hall–Kier alpha value is -0.460. The molecule has 4 nitrogen and oxygen atoms in total. The van der Waals surface area contributed by atoms with Crippen LogP contribution in [-0.4, -0.2) is 56.1 Å². The van der Waals surface area contributed by atoms with E-state index in [0.717, 1.165) is 58.8 Å². The van der Waals surface area contributed by atoms with Gasteiger partial charge in [-0.1, -0.05) is 0 Å². The zero-order valence-electron chi connectivity index (χ0n) is 14.5. The normalized spacial score (nSPS) is 32.6. The van der Waals surface area contributed by atoms with E-state index in [1.165, 1.54) is 24.9 Å². The molecular formula is C19H29NO3S. The van der Waals surface area contributed by atoms with Crippen LogP contribution in [0.1, 0.15) is 37.7 Å². The van der Waals surface area contributed by atoms with E-state index < -0.39 is 0 Å². The Morgan fingerprint density at radius 1 is 1.33 bits per heavy atom. The van der Waals surface area contributed by atoms with Crippen LogP contribution in [0, 0.1) is 5.92 Å². The summed E-state index contributed by atoms with van der Waals surface area (Å²) < 4.78 is 17.9. The number of nitrogens with zero attached hydrogens (tertiary/aromatic N) is 1. The standard InChI is InChI=1S/C19H29NO3S/c1-5-19(15-20(6-1)11-17-4-9-24-14-17)10-18(13-23-19)22-12-16-2-7-21-8-3-16/h4,9,14,16,18H,1-3,5-8,10-13,15H2/t18-,19-/m0/s1. The van der Waals surface area contributed by atoms with E-state index in [2.05, 4.69) is 21.7 Å². The molecule has 1 aromatic heterocycles. The summed E-state index contributed by atoms with van der Waals surface area (Å²) in [7, 11) is 0. The van der Waals surface area contributed by atoms with Crippen LogP contribution < -0.4 is 0 Å². The minimum absolute atomic E-state index is 0.0363. The van der Waals surface area contributed by atoms with Gasteiger partial charge in [0.05, 0.1) is 24.9 Å². The van der Waals surface area contributed by atoms with E-state index in [0.29, 0.717) is 5.92 Å². The molecule has 3 fully saturated rings. The summed E-state index contributed by atoms with van der Waals surface area (Å²) >= 11 is 1.79. The third-order valence-corrected chi connectivity index (χ3v) is 6.42. The predicted octanol–water partition coefficient (Wildman–Crippen LogP) is 3.31. The highest BCUT2D eigenvalue weighted by molar-refractivity contribution is 7.07. The van der Waals surface area contributed by atoms with Crippen molar-refractivity contribution >= 4 is 11.3 Å². The van der Waals surface area contributed by atoms with Crippen molar-refractivity contribution in [1.82, 2.24) is 4.90 Å². The van der Waals surface area contributed by atoms with Gasteiger partial charge in [0.25, 0.3) is 0 Å². The highest BCUT2D eigenvalue weighted by atomic mass is 32.1. The minimum Gasteiger partial charge on any atom is -0.381 e. The van der Waals surface area contributed by atoms with E-state index in [9.17, 15) is 0 Å². The summed E-state index contributed by atoms with van der Waals surface area (Å²) in [6.45, 7) is 6.76. The zero-order chi connectivity index (χ0) is 16.2. The molecule has 0 aliphatic carbocycles. The van der Waals surface area contributed by atoms with E-state index >= 15 is 0 Å². The van der Waals surface area contributed by atoms with Crippen LogP contribution in [0.4, 0.5) is 0 Å². The number of hydrogen-bond acceptors (Lipinski definition) is 5. The average molecular weight is 352 g/mol. The van der Waals surface area contributed by atoms with Crippen molar-refractivity contribution in [2.75, 3.05) is 39.5 Å². The van der Waals surface area contributed by atoms with Gasteiger partial charge in [0.1, 0.15) is 0 Å². The molecule has 4 rings (SSSR count).